The fourth-order valence-electron chi connectivity index (χ4n) is 2.16. The topological polar surface area (TPSA) is 94.6 Å². The lowest BCUT2D eigenvalue weighted by molar-refractivity contribution is -0.121. The van der Waals surface area contributed by atoms with Gasteiger partial charge in [0.05, 0.1) is 17.9 Å². The zero-order valence-corrected chi connectivity index (χ0v) is 14.1. The van der Waals surface area contributed by atoms with E-state index >= 15 is 0 Å². The molecule has 1 saturated heterocycles. The Morgan fingerprint density at radius 2 is 2.26 bits per heavy atom. The van der Waals surface area contributed by atoms with E-state index < -0.39 is 32.9 Å². The van der Waals surface area contributed by atoms with Gasteiger partial charge in [-0.3, -0.25) is 4.79 Å². The van der Waals surface area contributed by atoms with Gasteiger partial charge in [-0.2, -0.15) is 0 Å². The molecule has 0 unspecified atom stereocenters. The molecule has 1 aliphatic heterocycles. The van der Waals surface area contributed by atoms with Crippen LogP contribution < -0.4 is 10.1 Å². The molecule has 1 aromatic rings. The van der Waals surface area contributed by atoms with Crippen LogP contribution in [0.1, 0.15) is 20.3 Å². The maximum atomic E-state index is 12.0. The third-order valence-electron chi connectivity index (χ3n) is 3.61. The average Bonchev–Trinajstić information content (AvgIpc) is 2.49. The molecule has 1 amide bonds. The van der Waals surface area contributed by atoms with Crippen LogP contribution in [-0.2, 0) is 19.4 Å². The molecule has 0 spiro atoms. The van der Waals surface area contributed by atoms with E-state index in [0.717, 1.165) is 0 Å². The molecule has 1 aromatic heterocycles. The fourth-order valence-corrected chi connectivity index (χ4v) is 2.94. The van der Waals surface area contributed by atoms with Crippen molar-refractivity contribution in [2.75, 3.05) is 19.0 Å². The molecule has 1 fully saturated rings. The summed E-state index contributed by atoms with van der Waals surface area (Å²) in [4.78, 5) is 16.1. The van der Waals surface area contributed by atoms with Crippen LogP contribution in [0.4, 0.5) is 0 Å². The SMILES string of the molecule is CC(C)S(=O)(=O)CC(=O)N[C@@H]1CCOC[C@H]1Oc1ccccn1. The third-order valence-corrected chi connectivity index (χ3v) is 5.71. The van der Waals surface area contributed by atoms with Crippen molar-refractivity contribution in [1.82, 2.24) is 10.3 Å². The van der Waals surface area contributed by atoms with Gasteiger partial charge in [-0.15, -0.1) is 0 Å². The number of carbonyl (C=O) groups is 1. The second-order valence-electron chi connectivity index (χ2n) is 5.72. The molecule has 0 radical (unpaired) electrons. The molecule has 23 heavy (non-hydrogen) atoms. The molecule has 1 aliphatic rings. The Balaban J connectivity index is 1.97. The van der Waals surface area contributed by atoms with Crippen LogP contribution in [-0.4, -0.2) is 55.7 Å². The van der Waals surface area contributed by atoms with Crippen molar-refractivity contribution in [2.45, 2.75) is 37.7 Å². The Morgan fingerprint density at radius 3 is 2.91 bits per heavy atom. The van der Waals surface area contributed by atoms with Crippen LogP contribution in [0.2, 0.25) is 0 Å². The van der Waals surface area contributed by atoms with E-state index in [0.29, 0.717) is 25.5 Å². The van der Waals surface area contributed by atoms with Gasteiger partial charge >= 0.3 is 0 Å². The smallest absolute Gasteiger partial charge is 0.235 e. The van der Waals surface area contributed by atoms with E-state index in [4.69, 9.17) is 9.47 Å². The highest BCUT2D eigenvalue weighted by atomic mass is 32.2. The quantitative estimate of drug-likeness (QED) is 0.812. The van der Waals surface area contributed by atoms with Crippen molar-refractivity contribution in [2.24, 2.45) is 0 Å². The summed E-state index contributed by atoms with van der Waals surface area (Å²) in [5.41, 5.74) is 0. The first-order chi connectivity index (χ1) is 10.9. The first-order valence-corrected chi connectivity index (χ1v) is 9.26. The van der Waals surface area contributed by atoms with Crippen molar-refractivity contribution in [3.05, 3.63) is 24.4 Å². The van der Waals surface area contributed by atoms with Crippen molar-refractivity contribution < 1.29 is 22.7 Å². The summed E-state index contributed by atoms with van der Waals surface area (Å²) in [5, 5.41) is 2.17. The Hall–Kier alpha value is -1.67. The molecule has 1 N–H and O–H groups in total. The molecule has 0 aromatic carbocycles. The molecule has 8 heteroatoms. The zero-order valence-electron chi connectivity index (χ0n) is 13.3. The van der Waals surface area contributed by atoms with Crippen molar-refractivity contribution in [3.63, 3.8) is 0 Å². The Morgan fingerprint density at radius 1 is 1.48 bits per heavy atom. The number of amides is 1. The second-order valence-corrected chi connectivity index (χ2v) is 8.28. The highest BCUT2D eigenvalue weighted by Crippen LogP contribution is 2.15. The summed E-state index contributed by atoms with van der Waals surface area (Å²) >= 11 is 0. The maximum absolute atomic E-state index is 12.0. The number of aromatic nitrogens is 1. The first kappa shape index (κ1) is 17.7. The van der Waals surface area contributed by atoms with E-state index in [2.05, 4.69) is 10.3 Å². The summed E-state index contributed by atoms with van der Waals surface area (Å²) < 4.78 is 34.8. The molecule has 7 nitrogen and oxygen atoms in total. The lowest BCUT2D eigenvalue weighted by Crippen LogP contribution is -2.52. The summed E-state index contributed by atoms with van der Waals surface area (Å²) in [7, 11) is -3.42. The Kier molecular flexibility index (Phi) is 5.95. The van der Waals surface area contributed by atoms with Gasteiger partial charge in [0, 0.05) is 18.9 Å². The number of carbonyl (C=O) groups excluding carboxylic acids is 1. The predicted octanol–water partition coefficient (Wildman–Crippen LogP) is 0.557. The van der Waals surface area contributed by atoms with Crippen molar-refractivity contribution in [3.8, 4) is 5.88 Å². The number of nitrogens with one attached hydrogen (secondary N) is 1. The highest BCUT2D eigenvalue weighted by molar-refractivity contribution is 7.92. The molecular formula is C15H22N2O5S. The zero-order chi connectivity index (χ0) is 16.9. The Bertz CT molecular complexity index is 618. The number of sulfone groups is 1. The van der Waals surface area contributed by atoms with Gasteiger partial charge in [0.15, 0.2) is 9.84 Å². The molecule has 2 atom stereocenters. The predicted molar refractivity (Wildman–Crippen MR) is 84.9 cm³/mol. The fraction of sp³-hybridized carbons (Fsp3) is 0.600. The van der Waals surface area contributed by atoms with E-state index in [9.17, 15) is 13.2 Å². The minimum absolute atomic E-state index is 0.305. The summed E-state index contributed by atoms with van der Waals surface area (Å²) in [6, 6.07) is 4.99. The van der Waals surface area contributed by atoms with E-state index in [1.54, 1.807) is 38.2 Å². The Labute approximate surface area is 136 Å². The second kappa shape index (κ2) is 7.74. The summed E-state index contributed by atoms with van der Waals surface area (Å²) in [5.74, 6) is -0.588. The number of hydrogen-bond acceptors (Lipinski definition) is 6. The third kappa shape index (κ3) is 5.18. The van der Waals surface area contributed by atoms with Gasteiger partial charge in [-0.25, -0.2) is 13.4 Å². The van der Waals surface area contributed by atoms with Crippen LogP contribution in [0.3, 0.4) is 0 Å². The lowest BCUT2D eigenvalue weighted by Gasteiger charge is -2.32. The van der Waals surface area contributed by atoms with Crippen molar-refractivity contribution in [1.29, 1.82) is 0 Å². The van der Waals surface area contributed by atoms with Gasteiger partial charge < -0.3 is 14.8 Å². The van der Waals surface area contributed by atoms with Gasteiger partial charge in [-0.1, -0.05) is 6.07 Å². The number of pyridine rings is 1. The maximum Gasteiger partial charge on any atom is 0.235 e. The van der Waals surface area contributed by atoms with Gasteiger partial charge in [0.25, 0.3) is 0 Å². The van der Waals surface area contributed by atoms with Crippen LogP contribution in [0.5, 0.6) is 5.88 Å². The first-order valence-electron chi connectivity index (χ1n) is 7.55. The monoisotopic (exact) mass is 342 g/mol. The molecule has 128 valence electrons. The van der Waals surface area contributed by atoms with E-state index in [-0.39, 0.29) is 6.04 Å². The number of rotatable bonds is 6. The minimum atomic E-state index is -3.42. The van der Waals surface area contributed by atoms with E-state index in [1.165, 1.54) is 0 Å². The summed E-state index contributed by atoms with van der Waals surface area (Å²) in [6.45, 7) is 3.93. The van der Waals surface area contributed by atoms with Crippen molar-refractivity contribution >= 4 is 15.7 Å². The molecule has 2 heterocycles. The van der Waals surface area contributed by atoms with E-state index in [1.807, 2.05) is 0 Å². The molecule has 0 saturated carbocycles. The molecule has 0 aliphatic carbocycles. The van der Waals surface area contributed by atoms with Crippen LogP contribution in [0.15, 0.2) is 24.4 Å². The summed E-state index contributed by atoms with van der Waals surface area (Å²) in [6.07, 6.45) is 1.77. The number of nitrogens with zero attached hydrogens (tertiary/aromatic N) is 1. The van der Waals surface area contributed by atoms with Crippen LogP contribution >= 0.6 is 0 Å². The lowest BCUT2D eigenvalue weighted by atomic mass is 10.1. The van der Waals surface area contributed by atoms with Crippen LogP contribution in [0, 0.1) is 0 Å². The normalized spacial score (nSPS) is 21.9. The highest BCUT2D eigenvalue weighted by Gasteiger charge is 2.31. The van der Waals surface area contributed by atoms with Gasteiger partial charge in [-0.05, 0) is 26.3 Å². The standard InChI is InChI=1S/C15H22N2O5S/c1-11(2)23(19,20)10-14(18)17-12-6-8-21-9-13(12)22-15-5-3-4-7-16-15/h3-5,7,11-13H,6,8-10H2,1-2H3,(H,17,18)/t12-,13-/m1/s1. The minimum Gasteiger partial charge on any atom is -0.470 e. The van der Waals surface area contributed by atoms with Gasteiger partial charge in [0.1, 0.15) is 11.9 Å². The number of ether oxygens (including phenoxy) is 2. The largest absolute Gasteiger partial charge is 0.470 e. The number of hydrogen-bond donors (Lipinski definition) is 1. The van der Waals surface area contributed by atoms with Crippen LogP contribution in [0.25, 0.3) is 0 Å². The van der Waals surface area contributed by atoms with Gasteiger partial charge in [0.2, 0.25) is 11.8 Å². The average molecular weight is 342 g/mol. The molecule has 2 rings (SSSR count). The molecular weight excluding hydrogens is 320 g/mol. The molecule has 0 bridgehead atoms.